The minimum atomic E-state index is 0.0321. The second kappa shape index (κ2) is 6.97. The zero-order chi connectivity index (χ0) is 18.1. The maximum Gasteiger partial charge on any atom is 0.254 e. The molecule has 2 aliphatic rings. The molecule has 5 heteroatoms. The largest absolute Gasteiger partial charge is 0.481 e. The first kappa shape index (κ1) is 16.9. The van der Waals surface area contributed by atoms with Gasteiger partial charge in [-0.25, -0.2) is 4.98 Å². The summed E-state index contributed by atoms with van der Waals surface area (Å²) in [6, 6.07) is 8.94. The third-order valence-corrected chi connectivity index (χ3v) is 5.45. The van der Waals surface area contributed by atoms with Crippen molar-refractivity contribution in [3.05, 3.63) is 57.3 Å². The molecule has 0 unspecified atom stereocenters. The highest BCUT2D eigenvalue weighted by molar-refractivity contribution is 5.30. The van der Waals surface area contributed by atoms with Gasteiger partial charge in [0.25, 0.3) is 5.56 Å². The van der Waals surface area contributed by atoms with Crippen molar-refractivity contribution >= 4 is 0 Å². The van der Waals surface area contributed by atoms with Crippen molar-refractivity contribution in [2.24, 2.45) is 0 Å². The number of aromatic amines is 1. The van der Waals surface area contributed by atoms with Crippen LogP contribution in [0.25, 0.3) is 0 Å². The highest BCUT2D eigenvalue weighted by Gasteiger charge is 2.38. The monoisotopic (exact) mass is 349 g/mol. The number of nitrogens with zero attached hydrogens (tertiary/aromatic N) is 2. The Kier molecular flexibility index (Phi) is 4.52. The lowest BCUT2D eigenvalue weighted by molar-refractivity contribution is 0.187. The van der Waals surface area contributed by atoms with Crippen molar-refractivity contribution in [1.82, 2.24) is 14.9 Å². The summed E-state index contributed by atoms with van der Waals surface area (Å²) < 4.78 is 5.55. The van der Waals surface area contributed by atoms with Crippen LogP contribution in [0.2, 0.25) is 0 Å². The summed E-state index contributed by atoms with van der Waals surface area (Å²) in [6.07, 6.45) is 9.19. The highest BCUT2D eigenvalue weighted by atomic mass is 16.5. The summed E-state index contributed by atoms with van der Waals surface area (Å²) in [5, 5.41) is 0. The van der Waals surface area contributed by atoms with Gasteiger partial charge in [-0.2, -0.15) is 0 Å². The van der Waals surface area contributed by atoms with E-state index in [0.717, 1.165) is 49.2 Å². The van der Waals surface area contributed by atoms with Gasteiger partial charge in [0, 0.05) is 30.6 Å². The average molecular weight is 349 g/mol. The second-order valence-electron chi connectivity index (χ2n) is 7.18. The number of rotatable bonds is 4. The Morgan fingerprint density at radius 3 is 2.96 bits per heavy atom. The van der Waals surface area contributed by atoms with Crippen LogP contribution in [0, 0.1) is 19.3 Å². The van der Waals surface area contributed by atoms with Crippen LogP contribution in [-0.4, -0.2) is 33.6 Å². The number of nitrogens with one attached hydrogen (secondary N) is 1. The molecule has 1 fully saturated rings. The Morgan fingerprint density at radius 2 is 2.15 bits per heavy atom. The van der Waals surface area contributed by atoms with E-state index in [1.807, 2.05) is 19.1 Å². The SMILES string of the molecule is C#CCOc1cccc(CN2[C@H]3CC[C@H]2Cc2c(nc(C)[nH]c2=O)C3)c1. The maximum absolute atomic E-state index is 12.4. The van der Waals surface area contributed by atoms with Crippen LogP contribution in [0.5, 0.6) is 5.75 Å². The molecule has 1 aromatic heterocycles. The smallest absolute Gasteiger partial charge is 0.254 e. The first-order valence-electron chi connectivity index (χ1n) is 9.13. The molecule has 3 heterocycles. The second-order valence-corrected chi connectivity index (χ2v) is 7.18. The molecule has 0 radical (unpaired) electrons. The quantitative estimate of drug-likeness (QED) is 0.860. The summed E-state index contributed by atoms with van der Waals surface area (Å²) in [6.45, 7) is 2.99. The summed E-state index contributed by atoms with van der Waals surface area (Å²) in [7, 11) is 0. The van der Waals surface area contributed by atoms with Crippen LogP contribution in [-0.2, 0) is 19.4 Å². The first-order valence-corrected chi connectivity index (χ1v) is 9.13. The van der Waals surface area contributed by atoms with E-state index in [0.29, 0.717) is 17.9 Å². The van der Waals surface area contributed by atoms with E-state index >= 15 is 0 Å². The molecule has 134 valence electrons. The Balaban J connectivity index is 1.57. The Morgan fingerprint density at radius 1 is 1.35 bits per heavy atom. The molecule has 2 bridgehead atoms. The van der Waals surface area contributed by atoms with Gasteiger partial charge in [0.1, 0.15) is 18.2 Å². The topological polar surface area (TPSA) is 58.2 Å². The van der Waals surface area contributed by atoms with E-state index in [-0.39, 0.29) is 12.2 Å². The molecular weight excluding hydrogens is 326 g/mol. The molecule has 1 saturated heterocycles. The molecular formula is C21H23N3O2. The van der Waals surface area contributed by atoms with Gasteiger partial charge in [0.2, 0.25) is 0 Å². The van der Waals surface area contributed by atoms with Gasteiger partial charge in [0.15, 0.2) is 0 Å². The lowest BCUT2D eigenvalue weighted by atomic mass is 9.98. The standard InChI is InChI=1S/C21H23N3O2/c1-3-9-26-18-6-4-5-15(10-18)13-24-16-7-8-17(24)12-20-19(11-16)21(25)23-14(2)22-20/h1,4-6,10,16-17H,7-9,11-13H2,2H3,(H,22,23,25)/t16-,17-/m0/s1. The molecule has 0 spiro atoms. The number of hydrogen-bond donors (Lipinski definition) is 1. The van der Waals surface area contributed by atoms with Gasteiger partial charge in [-0.3, -0.25) is 9.69 Å². The maximum atomic E-state index is 12.4. The number of benzene rings is 1. The van der Waals surface area contributed by atoms with Crippen LogP contribution in [0.3, 0.4) is 0 Å². The number of aromatic nitrogens is 2. The van der Waals surface area contributed by atoms with Gasteiger partial charge >= 0.3 is 0 Å². The van der Waals surface area contributed by atoms with Gasteiger partial charge in [-0.15, -0.1) is 6.42 Å². The molecule has 5 nitrogen and oxygen atoms in total. The number of ether oxygens (including phenoxy) is 1. The molecule has 2 aliphatic heterocycles. The minimum absolute atomic E-state index is 0.0321. The van der Waals surface area contributed by atoms with Crippen molar-refractivity contribution in [3.8, 4) is 18.1 Å². The molecule has 4 rings (SSSR count). The van der Waals surface area contributed by atoms with Crippen LogP contribution >= 0.6 is 0 Å². The minimum Gasteiger partial charge on any atom is -0.481 e. The Bertz CT molecular complexity index is 912. The number of H-pyrrole nitrogens is 1. The third kappa shape index (κ3) is 3.25. The van der Waals surface area contributed by atoms with Crippen molar-refractivity contribution in [2.45, 2.75) is 51.2 Å². The fourth-order valence-electron chi connectivity index (χ4n) is 4.29. The van der Waals surface area contributed by atoms with E-state index in [2.05, 4.69) is 32.9 Å². The van der Waals surface area contributed by atoms with Crippen molar-refractivity contribution in [3.63, 3.8) is 0 Å². The van der Waals surface area contributed by atoms with Crippen LogP contribution in [0.1, 0.15) is 35.5 Å². The van der Waals surface area contributed by atoms with Crippen molar-refractivity contribution in [2.75, 3.05) is 6.61 Å². The lowest BCUT2D eigenvalue weighted by Crippen LogP contribution is -2.36. The van der Waals surface area contributed by atoms with Crippen LogP contribution in [0.4, 0.5) is 0 Å². The summed E-state index contributed by atoms with van der Waals surface area (Å²) in [5.41, 5.74) is 3.10. The normalized spacial score (nSPS) is 21.7. The number of fused-ring (bicyclic) bond motifs is 3. The predicted octanol–water partition coefficient (Wildman–Crippen LogP) is 2.22. The summed E-state index contributed by atoms with van der Waals surface area (Å²) in [5.74, 6) is 4.01. The third-order valence-electron chi connectivity index (χ3n) is 5.45. The molecule has 0 amide bonds. The Labute approximate surface area is 153 Å². The zero-order valence-corrected chi connectivity index (χ0v) is 15.0. The number of terminal acetylenes is 1. The molecule has 1 N–H and O–H groups in total. The van der Waals surface area contributed by atoms with Crippen LogP contribution < -0.4 is 10.3 Å². The van der Waals surface area contributed by atoms with Gasteiger partial charge < -0.3 is 9.72 Å². The number of hydrogen-bond acceptors (Lipinski definition) is 4. The lowest BCUT2D eigenvalue weighted by Gasteiger charge is -2.28. The molecule has 26 heavy (non-hydrogen) atoms. The first-order chi connectivity index (χ1) is 12.6. The van der Waals surface area contributed by atoms with E-state index in [9.17, 15) is 4.79 Å². The van der Waals surface area contributed by atoms with Crippen LogP contribution in [0.15, 0.2) is 29.1 Å². The predicted molar refractivity (Wildman–Crippen MR) is 100 cm³/mol. The van der Waals surface area contributed by atoms with E-state index in [4.69, 9.17) is 11.2 Å². The number of aryl methyl sites for hydroxylation is 1. The molecule has 0 aliphatic carbocycles. The Hall–Kier alpha value is -2.58. The fourth-order valence-corrected chi connectivity index (χ4v) is 4.29. The van der Waals surface area contributed by atoms with Gasteiger partial charge in [-0.05, 0) is 43.9 Å². The molecule has 2 atom stereocenters. The molecule has 1 aromatic carbocycles. The van der Waals surface area contributed by atoms with E-state index in [1.54, 1.807) is 0 Å². The summed E-state index contributed by atoms with van der Waals surface area (Å²) >= 11 is 0. The fraction of sp³-hybridized carbons (Fsp3) is 0.429. The highest BCUT2D eigenvalue weighted by Crippen LogP contribution is 2.34. The van der Waals surface area contributed by atoms with Crippen molar-refractivity contribution in [1.29, 1.82) is 0 Å². The molecule has 0 saturated carbocycles. The van der Waals surface area contributed by atoms with E-state index < -0.39 is 0 Å². The van der Waals surface area contributed by atoms with Gasteiger partial charge in [0.05, 0.1) is 5.69 Å². The average Bonchev–Trinajstić information content (AvgIpc) is 2.89. The van der Waals surface area contributed by atoms with Crippen molar-refractivity contribution < 1.29 is 4.74 Å². The zero-order valence-electron chi connectivity index (χ0n) is 15.0. The van der Waals surface area contributed by atoms with Gasteiger partial charge in [-0.1, -0.05) is 18.1 Å². The molecule has 2 aromatic rings. The summed E-state index contributed by atoms with van der Waals surface area (Å²) in [4.78, 5) is 22.4. The van der Waals surface area contributed by atoms with E-state index in [1.165, 1.54) is 5.56 Å².